The maximum Gasteiger partial charge on any atom is 0.230 e. The van der Waals surface area contributed by atoms with Crippen LogP contribution in [0.3, 0.4) is 0 Å². The Morgan fingerprint density at radius 3 is 2.67 bits per heavy atom. The maximum absolute atomic E-state index is 12.4. The van der Waals surface area contributed by atoms with Gasteiger partial charge in [-0.3, -0.25) is 4.79 Å². The zero-order chi connectivity index (χ0) is 18.5. The number of thioether (sulfide) groups is 1. The highest BCUT2D eigenvalue weighted by Gasteiger charge is 2.16. The minimum Gasteiger partial charge on any atom is -0.353 e. The van der Waals surface area contributed by atoms with E-state index in [2.05, 4.69) is 20.4 Å². The number of carbonyl (C=O) groups is 1. The summed E-state index contributed by atoms with van der Waals surface area (Å²) in [5.74, 6) is 0.438. The molecule has 1 saturated carbocycles. The average molecular weight is 382 g/mol. The zero-order valence-corrected chi connectivity index (χ0v) is 16.0. The van der Waals surface area contributed by atoms with Gasteiger partial charge in [-0.1, -0.05) is 55.6 Å². The number of hydrogen-bond donors (Lipinski definition) is 1. The molecule has 0 saturated heterocycles. The maximum atomic E-state index is 12.4. The molecule has 1 amide bonds. The molecule has 1 aliphatic rings. The van der Waals surface area contributed by atoms with Crippen LogP contribution in [0, 0.1) is 0 Å². The molecule has 0 atom stereocenters. The van der Waals surface area contributed by atoms with Crippen LogP contribution in [-0.4, -0.2) is 37.5 Å². The molecule has 0 spiro atoms. The fourth-order valence-corrected chi connectivity index (χ4v) is 4.30. The molecule has 3 aromatic rings. The second-order valence-electron chi connectivity index (χ2n) is 6.85. The molecule has 0 radical (unpaired) electrons. The van der Waals surface area contributed by atoms with E-state index in [1.54, 1.807) is 10.9 Å². The Morgan fingerprint density at radius 2 is 1.89 bits per heavy atom. The smallest absolute Gasteiger partial charge is 0.230 e. The highest BCUT2D eigenvalue weighted by atomic mass is 32.2. The van der Waals surface area contributed by atoms with Gasteiger partial charge in [-0.25, -0.2) is 14.6 Å². The largest absolute Gasteiger partial charge is 0.353 e. The molecule has 1 fully saturated rings. The van der Waals surface area contributed by atoms with E-state index in [0.717, 1.165) is 34.6 Å². The highest BCUT2D eigenvalue weighted by Crippen LogP contribution is 2.26. The molecule has 6 nitrogen and oxygen atoms in total. The SMILES string of the molecule is O=C(CSc1ncnc2c1cnn2-c1ccccc1)NC1CCCCCC1. The number of nitrogens with one attached hydrogen (secondary N) is 1. The predicted octanol–water partition coefficient (Wildman–Crippen LogP) is 3.75. The second-order valence-corrected chi connectivity index (χ2v) is 7.82. The number of para-hydroxylation sites is 1. The van der Waals surface area contributed by atoms with Crippen LogP contribution < -0.4 is 5.32 Å². The number of benzene rings is 1. The van der Waals surface area contributed by atoms with Crippen LogP contribution in [0.2, 0.25) is 0 Å². The van der Waals surface area contributed by atoms with Gasteiger partial charge in [0, 0.05) is 6.04 Å². The molecule has 1 aromatic carbocycles. The molecule has 1 N–H and O–H groups in total. The van der Waals surface area contributed by atoms with Crippen molar-refractivity contribution in [3.8, 4) is 5.69 Å². The van der Waals surface area contributed by atoms with E-state index < -0.39 is 0 Å². The molecule has 2 aromatic heterocycles. The lowest BCUT2D eigenvalue weighted by molar-refractivity contribution is -0.119. The van der Waals surface area contributed by atoms with Gasteiger partial charge in [-0.15, -0.1) is 0 Å². The average Bonchev–Trinajstić information content (AvgIpc) is 2.98. The number of carbonyl (C=O) groups excluding carboxylic acids is 1. The lowest BCUT2D eigenvalue weighted by Gasteiger charge is -2.15. The summed E-state index contributed by atoms with van der Waals surface area (Å²) in [5.41, 5.74) is 1.70. The Hall–Kier alpha value is -2.41. The van der Waals surface area contributed by atoms with Crippen molar-refractivity contribution in [2.24, 2.45) is 0 Å². The van der Waals surface area contributed by atoms with E-state index in [-0.39, 0.29) is 5.91 Å². The third-order valence-corrected chi connectivity index (χ3v) is 5.90. The summed E-state index contributed by atoms with van der Waals surface area (Å²) in [6, 6.07) is 10.2. The lowest BCUT2D eigenvalue weighted by Crippen LogP contribution is -2.35. The number of nitrogens with zero attached hydrogens (tertiary/aromatic N) is 4. The van der Waals surface area contributed by atoms with Crippen LogP contribution in [0.15, 0.2) is 47.9 Å². The third-order valence-electron chi connectivity index (χ3n) is 4.89. The first-order valence-electron chi connectivity index (χ1n) is 9.47. The van der Waals surface area contributed by atoms with Crippen molar-refractivity contribution in [3.63, 3.8) is 0 Å². The van der Waals surface area contributed by atoms with Gasteiger partial charge in [0.2, 0.25) is 5.91 Å². The van der Waals surface area contributed by atoms with Crippen molar-refractivity contribution in [1.29, 1.82) is 0 Å². The number of hydrogen-bond acceptors (Lipinski definition) is 5. The summed E-state index contributed by atoms with van der Waals surface area (Å²) in [5, 5.41) is 9.30. The summed E-state index contributed by atoms with van der Waals surface area (Å²) in [4.78, 5) is 21.1. The zero-order valence-electron chi connectivity index (χ0n) is 15.2. The van der Waals surface area contributed by atoms with Gasteiger partial charge in [0.25, 0.3) is 0 Å². The number of rotatable bonds is 5. The van der Waals surface area contributed by atoms with E-state index in [0.29, 0.717) is 11.8 Å². The number of aromatic nitrogens is 4. The predicted molar refractivity (Wildman–Crippen MR) is 107 cm³/mol. The van der Waals surface area contributed by atoms with Crippen molar-refractivity contribution in [2.75, 3.05) is 5.75 Å². The molecule has 0 unspecified atom stereocenters. The molecule has 2 heterocycles. The fraction of sp³-hybridized carbons (Fsp3) is 0.400. The van der Waals surface area contributed by atoms with Crippen molar-refractivity contribution in [2.45, 2.75) is 49.6 Å². The minimum absolute atomic E-state index is 0.0779. The van der Waals surface area contributed by atoms with Gasteiger partial charge >= 0.3 is 0 Å². The van der Waals surface area contributed by atoms with E-state index >= 15 is 0 Å². The van der Waals surface area contributed by atoms with Crippen LogP contribution in [-0.2, 0) is 4.79 Å². The molecule has 0 aliphatic heterocycles. The Bertz CT molecular complexity index is 903. The number of fused-ring (bicyclic) bond motifs is 1. The van der Waals surface area contributed by atoms with Gasteiger partial charge in [0.05, 0.1) is 23.0 Å². The van der Waals surface area contributed by atoms with E-state index in [9.17, 15) is 4.79 Å². The van der Waals surface area contributed by atoms with Gasteiger partial charge in [0.15, 0.2) is 5.65 Å². The Labute approximate surface area is 162 Å². The molecule has 0 bridgehead atoms. The monoisotopic (exact) mass is 381 g/mol. The Kier molecular flexibility index (Phi) is 5.67. The molecule has 1 aliphatic carbocycles. The van der Waals surface area contributed by atoms with Gasteiger partial charge in [0.1, 0.15) is 11.4 Å². The van der Waals surface area contributed by atoms with Crippen molar-refractivity contribution in [1.82, 2.24) is 25.1 Å². The van der Waals surface area contributed by atoms with Crippen LogP contribution in [0.1, 0.15) is 38.5 Å². The first-order chi connectivity index (χ1) is 13.3. The van der Waals surface area contributed by atoms with E-state index in [4.69, 9.17) is 0 Å². The molecule has 4 rings (SSSR count). The van der Waals surface area contributed by atoms with Crippen molar-refractivity contribution < 1.29 is 4.79 Å². The minimum atomic E-state index is 0.0779. The fourth-order valence-electron chi connectivity index (χ4n) is 3.52. The summed E-state index contributed by atoms with van der Waals surface area (Å²) in [6.07, 6.45) is 10.5. The standard InChI is InChI=1S/C20H23N5OS/c26-18(24-15-8-4-1-2-5-9-15)13-27-20-17-12-23-25(19(17)21-14-22-20)16-10-6-3-7-11-16/h3,6-7,10-12,14-15H,1-2,4-5,8-9,13H2,(H,24,26). The van der Waals surface area contributed by atoms with E-state index in [1.807, 2.05) is 30.3 Å². The first kappa shape index (κ1) is 18.0. The molecular formula is C20H23N5OS. The number of amides is 1. The van der Waals surface area contributed by atoms with Crippen LogP contribution in [0.5, 0.6) is 0 Å². The van der Waals surface area contributed by atoms with Crippen LogP contribution in [0.25, 0.3) is 16.7 Å². The molecule has 140 valence electrons. The quantitative estimate of drug-likeness (QED) is 0.414. The van der Waals surface area contributed by atoms with Crippen molar-refractivity contribution in [3.05, 3.63) is 42.9 Å². The highest BCUT2D eigenvalue weighted by molar-refractivity contribution is 8.00. The summed E-state index contributed by atoms with van der Waals surface area (Å²) in [6.45, 7) is 0. The van der Waals surface area contributed by atoms with Crippen LogP contribution in [0.4, 0.5) is 0 Å². The third kappa shape index (κ3) is 4.30. The summed E-state index contributed by atoms with van der Waals surface area (Å²) in [7, 11) is 0. The summed E-state index contributed by atoms with van der Waals surface area (Å²) >= 11 is 1.44. The molecular weight excluding hydrogens is 358 g/mol. The first-order valence-corrected chi connectivity index (χ1v) is 10.5. The van der Waals surface area contributed by atoms with Gasteiger partial charge in [-0.05, 0) is 25.0 Å². The van der Waals surface area contributed by atoms with Crippen molar-refractivity contribution >= 4 is 28.7 Å². The van der Waals surface area contributed by atoms with Gasteiger partial charge in [-0.2, -0.15) is 5.10 Å². The van der Waals surface area contributed by atoms with E-state index in [1.165, 1.54) is 43.8 Å². The van der Waals surface area contributed by atoms with Gasteiger partial charge < -0.3 is 5.32 Å². The normalized spacial score (nSPS) is 15.6. The topological polar surface area (TPSA) is 72.7 Å². The Morgan fingerprint density at radius 1 is 1.11 bits per heavy atom. The Balaban J connectivity index is 1.45. The molecule has 7 heteroatoms. The molecule has 27 heavy (non-hydrogen) atoms. The second kappa shape index (κ2) is 8.52. The van der Waals surface area contributed by atoms with Crippen LogP contribution >= 0.6 is 11.8 Å². The summed E-state index contributed by atoms with van der Waals surface area (Å²) < 4.78 is 1.80. The lowest BCUT2D eigenvalue weighted by atomic mass is 10.1.